The molecule has 0 N–H and O–H groups in total. The van der Waals surface area contributed by atoms with E-state index in [9.17, 15) is 13.8 Å². The Morgan fingerprint density at radius 1 is 1.43 bits per heavy atom. The lowest BCUT2D eigenvalue weighted by molar-refractivity contribution is -0.147. The molecule has 1 saturated heterocycles. The summed E-state index contributed by atoms with van der Waals surface area (Å²) in [5, 5.41) is -0.0624. The highest BCUT2D eigenvalue weighted by molar-refractivity contribution is 8.01. The minimum atomic E-state index is -1.47. The van der Waals surface area contributed by atoms with Gasteiger partial charge in [-0.05, 0) is 29.7 Å². The Morgan fingerprint density at radius 3 is 2.87 bits per heavy atom. The molecule has 1 aromatic carbocycles. The van der Waals surface area contributed by atoms with Crippen LogP contribution in [0.15, 0.2) is 35.9 Å². The van der Waals surface area contributed by atoms with Crippen LogP contribution >= 0.6 is 11.6 Å². The number of fused-ring (bicyclic) bond motifs is 1. The molecule has 0 amide bonds. The van der Waals surface area contributed by atoms with Crippen LogP contribution in [0.3, 0.4) is 0 Å². The second-order valence-electron chi connectivity index (χ2n) is 5.53. The maximum Gasteiger partial charge on any atom is 0.327 e. The quantitative estimate of drug-likeness (QED) is 0.776. The van der Waals surface area contributed by atoms with Crippen LogP contribution in [0.1, 0.15) is 18.0 Å². The van der Waals surface area contributed by atoms with Crippen molar-refractivity contribution in [3.8, 4) is 0 Å². The zero-order chi connectivity index (χ0) is 16.6. The van der Waals surface area contributed by atoms with Crippen molar-refractivity contribution in [2.75, 3.05) is 20.2 Å². The molecule has 3 rings (SSSR count). The molecule has 0 aromatic heterocycles. The minimum Gasteiger partial charge on any atom is -0.468 e. The number of methoxy groups -OCH3 is 1. The third-order valence-electron chi connectivity index (χ3n) is 4.23. The normalized spacial score (nSPS) is 25.7. The standard InChI is InChI=1S/C16H16ClNO4S/c1-22-16(20)15(11-4-2-3-5-12(11)17)18-7-6-13-10(9-18)8-14(19)23(13)21/h2-5,8,13,15H,6-7,9H2,1H3/t13?,15-,23?/m0/s1. The predicted octanol–water partition coefficient (Wildman–Crippen LogP) is 1.84. The molecule has 3 atom stereocenters. The molecule has 2 aliphatic heterocycles. The fourth-order valence-corrected chi connectivity index (χ4v) is 4.64. The van der Waals surface area contributed by atoms with E-state index in [0.717, 1.165) is 5.57 Å². The number of hydrogen-bond acceptors (Lipinski definition) is 5. The van der Waals surface area contributed by atoms with Gasteiger partial charge in [0.25, 0.3) is 0 Å². The molecule has 23 heavy (non-hydrogen) atoms. The molecule has 7 heteroatoms. The van der Waals surface area contributed by atoms with E-state index in [1.807, 2.05) is 11.0 Å². The second kappa shape index (κ2) is 6.55. The van der Waals surface area contributed by atoms with Gasteiger partial charge in [-0.3, -0.25) is 13.9 Å². The summed E-state index contributed by atoms with van der Waals surface area (Å²) in [5.41, 5.74) is 1.49. The van der Waals surface area contributed by atoms with Gasteiger partial charge in [0.05, 0.1) is 12.4 Å². The van der Waals surface area contributed by atoms with Gasteiger partial charge in [-0.1, -0.05) is 29.8 Å². The van der Waals surface area contributed by atoms with Crippen molar-refractivity contribution in [2.24, 2.45) is 0 Å². The van der Waals surface area contributed by atoms with Crippen molar-refractivity contribution in [3.63, 3.8) is 0 Å². The van der Waals surface area contributed by atoms with E-state index in [1.165, 1.54) is 13.2 Å². The van der Waals surface area contributed by atoms with E-state index >= 15 is 0 Å². The molecule has 0 saturated carbocycles. The van der Waals surface area contributed by atoms with E-state index < -0.39 is 22.8 Å². The molecule has 0 spiro atoms. The highest BCUT2D eigenvalue weighted by Crippen LogP contribution is 2.35. The van der Waals surface area contributed by atoms with E-state index in [1.54, 1.807) is 18.2 Å². The van der Waals surface area contributed by atoms with Crippen LogP contribution in [-0.4, -0.2) is 45.6 Å². The summed E-state index contributed by atoms with van der Waals surface area (Å²) in [4.78, 5) is 25.9. The first kappa shape index (κ1) is 16.4. The van der Waals surface area contributed by atoms with Crippen molar-refractivity contribution in [1.29, 1.82) is 0 Å². The second-order valence-corrected chi connectivity index (χ2v) is 7.50. The molecule has 0 aliphatic carbocycles. The summed E-state index contributed by atoms with van der Waals surface area (Å²) in [5.74, 6) is -0.400. The van der Waals surface area contributed by atoms with Gasteiger partial charge in [0.15, 0.2) is 0 Å². The van der Waals surface area contributed by atoms with Crippen molar-refractivity contribution in [3.05, 3.63) is 46.5 Å². The lowest BCUT2D eigenvalue weighted by atomic mass is 9.98. The van der Waals surface area contributed by atoms with Crippen LogP contribution in [0.2, 0.25) is 5.02 Å². The van der Waals surface area contributed by atoms with E-state index in [2.05, 4.69) is 0 Å². The number of rotatable bonds is 3. The van der Waals surface area contributed by atoms with Gasteiger partial charge in [0, 0.05) is 18.1 Å². The average molecular weight is 354 g/mol. The Kier molecular flexibility index (Phi) is 4.66. The number of halogens is 1. The monoisotopic (exact) mass is 353 g/mol. The largest absolute Gasteiger partial charge is 0.468 e. The molecule has 0 bridgehead atoms. The number of likely N-dealkylation sites (tertiary alicyclic amines) is 1. The third-order valence-corrected chi connectivity index (χ3v) is 6.14. The molecule has 2 heterocycles. The summed E-state index contributed by atoms with van der Waals surface area (Å²) < 4.78 is 16.9. The Morgan fingerprint density at radius 2 is 2.17 bits per heavy atom. The number of carbonyl (C=O) groups is 2. The maximum absolute atomic E-state index is 12.3. The Labute approximate surface area is 141 Å². The highest BCUT2D eigenvalue weighted by Gasteiger charge is 2.40. The van der Waals surface area contributed by atoms with Crippen molar-refractivity contribution in [2.45, 2.75) is 17.7 Å². The number of carbonyl (C=O) groups excluding carboxylic acids is 2. The van der Waals surface area contributed by atoms with Gasteiger partial charge in [0.2, 0.25) is 5.12 Å². The van der Waals surface area contributed by atoms with E-state index in [0.29, 0.717) is 30.1 Å². The lowest BCUT2D eigenvalue weighted by Crippen LogP contribution is -2.43. The first-order valence-corrected chi connectivity index (χ1v) is 8.83. The first-order chi connectivity index (χ1) is 11.0. The predicted molar refractivity (Wildman–Crippen MR) is 87.4 cm³/mol. The molecule has 0 radical (unpaired) electrons. The smallest absolute Gasteiger partial charge is 0.327 e. The summed E-state index contributed by atoms with van der Waals surface area (Å²) >= 11 is 6.25. The van der Waals surface area contributed by atoms with Crippen LogP contribution in [0.4, 0.5) is 0 Å². The van der Waals surface area contributed by atoms with Crippen LogP contribution < -0.4 is 0 Å². The van der Waals surface area contributed by atoms with Gasteiger partial charge in [-0.15, -0.1) is 0 Å². The van der Waals surface area contributed by atoms with Gasteiger partial charge < -0.3 is 4.74 Å². The Bertz CT molecular complexity index is 718. The molecule has 2 unspecified atom stereocenters. The van der Waals surface area contributed by atoms with E-state index in [-0.39, 0.29) is 10.4 Å². The molecule has 122 valence electrons. The highest BCUT2D eigenvalue weighted by atomic mass is 35.5. The van der Waals surface area contributed by atoms with Gasteiger partial charge in [-0.25, -0.2) is 4.79 Å². The molecule has 2 aliphatic rings. The number of piperidine rings is 1. The molecular weight excluding hydrogens is 338 g/mol. The Balaban J connectivity index is 1.92. The summed E-state index contributed by atoms with van der Waals surface area (Å²) in [6.07, 6.45) is 2.02. The first-order valence-electron chi connectivity index (χ1n) is 7.24. The fourth-order valence-electron chi connectivity index (χ4n) is 3.12. The average Bonchev–Trinajstić information content (AvgIpc) is 2.83. The van der Waals surface area contributed by atoms with Crippen LogP contribution in [0, 0.1) is 0 Å². The molecule has 1 fully saturated rings. The summed E-state index contributed by atoms with van der Waals surface area (Å²) in [7, 11) is -0.134. The van der Waals surface area contributed by atoms with Crippen molar-refractivity contribution >= 4 is 33.5 Å². The number of esters is 1. The van der Waals surface area contributed by atoms with Crippen molar-refractivity contribution < 1.29 is 18.5 Å². The van der Waals surface area contributed by atoms with Crippen LogP contribution in [0.25, 0.3) is 0 Å². The topological polar surface area (TPSA) is 63.7 Å². The minimum absolute atomic E-state index is 0.219. The third kappa shape index (κ3) is 2.98. The SMILES string of the molecule is COC(=O)[C@H](c1ccccc1Cl)N1CCC2C(=CC(=O)S2=O)C1. The number of nitrogens with zero attached hydrogens (tertiary/aromatic N) is 1. The van der Waals surface area contributed by atoms with Crippen LogP contribution in [0.5, 0.6) is 0 Å². The van der Waals surface area contributed by atoms with Gasteiger partial charge in [0.1, 0.15) is 16.8 Å². The molecule has 5 nitrogen and oxygen atoms in total. The zero-order valence-electron chi connectivity index (χ0n) is 12.5. The van der Waals surface area contributed by atoms with Gasteiger partial charge >= 0.3 is 5.97 Å². The molecule has 1 aromatic rings. The maximum atomic E-state index is 12.3. The van der Waals surface area contributed by atoms with Gasteiger partial charge in [-0.2, -0.15) is 0 Å². The fraction of sp³-hybridized carbons (Fsp3) is 0.375. The number of hydrogen-bond donors (Lipinski definition) is 0. The lowest BCUT2D eigenvalue weighted by Gasteiger charge is -2.36. The van der Waals surface area contributed by atoms with Crippen molar-refractivity contribution in [1.82, 2.24) is 4.90 Å². The van der Waals surface area contributed by atoms with E-state index in [4.69, 9.17) is 16.3 Å². The van der Waals surface area contributed by atoms with Crippen LogP contribution in [-0.2, 0) is 25.1 Å². The molecular formula is C16H16ClNO4S. The summed E-state index contributed by atoms with van der Waals surface area (Å²) in [6.45, 7) is 0.957. The number of ether oxygens (including phenoxy) is 1. The number of benzene rings is 1. The summed E-state index contributed by atoms with van der Waals surface area (Å²) in [6, 6.07) is 6.50. The zero-order valence-corrected chi connectivity index (χ0v) is 14.1. The Hall–Kier alpha value is -1.50.